The molecule has 0 radical (unpaired) electrons. The number of hydrogen-bond acceptors (Lipinski definition) is 4. The second kappa shape index (κ2) is 6.43. The van der Waals surface area contributed by atoms with Crippen molar-refractivity contribution in [2.24, 2.45) is 5.41 Å². The van der Waals surface area contributed by atoms with Gasteiger partial charge in [-0.2, -0.15) is 0 Å². The number of hydrogen-bond donors (Lipinski definition) is 0. The summed E-state index contributed by atoms with van der Waals surface area (Å²) in [6, 6.07) is 15.5. The SMILES string of the molecule is CC(C)(C)C(=O)OOc1ccccc1C(=O)c1ccccc1. The van der Waals surface area contributed by atoms with Crippen LogP contribution in [0, 0.1) is 5.41 Å². The van der Waals surface area contributed by atoms with Crippen LogP contribution < -0.4 is 4.89 Å². The van der Waals surface area contributed by atoms with Crippen LogP contribution in [-0.4, -0.2) is 11.8 Å². The Morgan fingerprint density at radius 1 is 0.864 bits per heavy atom. The molecule has 0 fully saturated rings. The molecule has 0 N–H and O–H groups in total. The van der Waals surface area contributed by atoms with Crippen LogP contribution in [0.25, 0.3) is 0 Å². The second-order valence-electron chi connectivity index (χ2n) is 5.90. The van der Waals surface area contributed by atoms with E-state index in [0.29, 0.717) is 11.1 Å². The van der Waals surface area contributed by atoms with Gasteiger partial charge in [-0.25, -0.2) is 9.68 Å². The maximum absolute atomic E-state index is 12.5. The molecule has 0 amide bonds. The fourth-order valence-corrected chi connectivity index (χ4v) is 1.68. The minimum atomic E-state index is -0.682. The Labute approximate surface area is 129 Å². The summed E-state index contributed by atoms with van der Waals surface area (Å²) in [7, 11) is 0. The van der Waals surface area contributed by atoms with Crippen molar-refractivity contribution in [1.82, 2.24) is 0 Å². The van der Waals surface area contributed by atoms with Crippen molar-refractivity contribution < 1.29 is 19.4 Å². The van der Waals surface area contributed by atoms with Crippen LogP contribution >= 0.6 is 0 Å². The highest BCUT2D eigenvalue weighted by Crippen LogP contribution is 2.23. The zero-order chi connectivity index (χ0) is 16.2. The van der Waals surface area contributed by atoms with Gasteiger partial charge in [-0.1, -0.05) is 42.5 Å². The van der Waals surface area contributed by atoms with E-state index in [2.05, 4.69) is 0 Å². The smallest absolute Gasteiger partial charge is 0.288 e. The third-order valence-corrected chi connectivity index (χ3v) is 2.99. The van der Waals surface area contributed by atoms with Crippen molar-refractivity contribution >= 4 is 11.8 Å². The number of ketones is 1. The van der Waals surface area contributed by atoms with Crippen molar-refractivity contribution in [2.75, 3.05) is 0 Å². The van der Waals surface area contributed by atoms with Crippen LogP contribution in [-0.2, 0) is 9.68 Å². The van der Waals surface area contributed by atoms with E-state index >= 15 is 0 Å². The van der Waals surface area contributed by atoms with E-state index in [9.17, 15) is 9.59 Å². The van der Waals surface area contributed by atoms with Crippen LogP contribution in [0.1, 0.15) is 36.7 Å². The fraction of sp³-hybridized carbons (Fsp3) is 0.222. The molecule has 0 spiro atoms. The number of para-hydroxylation sites is 1. The first-order valence-corrected chi connectivity index (χ1v) is 6.97. The van der Waals surface area contributed by atoms with E-state index in [1.54, 1.807) is 69.3 Å². The van der Waals surface area contributed by atoms with E-state index in [-0.39, 0.29) is 11.5 Å². The highest BCUT2D eigenvalue weighted by molar-refractivity contribution is 6.10. The molecule has 2 aromatic rings. The Hall–Kier alpha value is -2.62. The summed E-state index contributed by atoms with van der Waals surface area (Å²) in [5.74, 6) is -0.480. The van der Waals surface area contributed by atoms with E-state index in [0.717, 1.165) is 0 Å². The van der Waals surface area contributed by atoms with Crippen molar-refractivity contribution in [3.8, 4) is 5.75 Å². The van der Waals surface area contributed by atoms with Crippen molar-refractivity contribution in [3.63, 3.8) is 0 Å². The van der Waals surface area contributed by atoms with Gasteiger partial charge in [0.25, 0.3) is 0 Å². The lowest BCUT2D eigenvalue weighted by Crippen LogP contribution is -2.24. The third-order valence-electron chi connectivity index (χ3n) is 2.99. The molecule has 0 aliphatic carbocycles. The van der Waals surface area contributed by atoms with Crippen LogP contribution in [0.2, 0.25) is 0 Å². The number of carbonyl (C=O) groups is 2. The predicted molar refractivity (Wildman–Crippen MR) is 82.5 cm³/mol. The number of benzene rings is 2. The average Bonchev–Trinajstić information content (AvgIpc) is 2.52. The van der Waals surface area contributed by atoms with Crippen molar-refractivity contribution in [1.29, 1.82) is 0 Å². The first-order valence-electron chi connectivity index (χ1n) is 6.97. The second-order valence-corrected chi connectivity index (χ2v) is 5.90. The van der Waals surface area contributed by atoms with Gasteiger partial charge in [0, 0.05) is 5.56 Å². The van der Waals surface area contributed by atoms with E-state index in [4.69, 9.17) is 9.78 Å². The summed E-state index contributed by atoms with van der Waals surface area (Å²) in [6.07, 6.45) is 0. The summed E-state index contributed by atoms with van der Waals surface area (Å²) in [5, 5.41) is 0. The minimum Gasteiger partial charge on any atom is -0.288 e. The van der Waals surface area contributed by atoms with Gasteiger partial charge in [0.05, 0.1) is 11.0 Å². The lowest BCUT2D eigenvalue weighted by atomic mass is 9.98. The Kier molecular flexibility index (Phi) is 4.61. The van der Waals surface area contributed by atoms with Gasteiger partial charge in [-0.05, 0) is 32.9 Å². The molecule has 0 aromatic heterocycles. The zero-order valence-corrected chi connectivity index (χ0v) is 12.8. The van der Waals surface area contributed by atoms with Gasteiger partial charge in [0.2, 0.25) is 0 Å². The number of rotatable bonds is 4. The zero-order valence-electron chi connectivity index (χ0n) is 12.8. The lowest BCUT2D eigenvalue weighted by molar-refractivity contribution is -0.223. The molecular formula is C18H18O4. The van der Waals surface area contributed by atoms with Gasteiger partial charge in [-0.3, -0.25) is 9.68 Å². The topological polar surface area (TPSA) is 52.6 Å². The average molecular weight is 298 g/mol. The van der Waals surface area contributed by atoms with Crippen LogP contribution in [0.4, 0.5) is 0 Å². The molecule has 0 aliphatic heterocycles. The first-order chi connectivity index (χ1) is 10.4. The summed E-state index contributed by atoms with van der Waals surface area (Å²) >= 11 is 0. The number of carbonyl (C=O) groups excluding carboxylic acids is 2. The molecule has 0 unspecified atom stereocenters. The quantitative estimate of drug-likeness (QED) is 0.489. The highest BCUT2D eigenvalue weighted by Gasteiger charge is 2.25. The maximum Gasteiger partial charge on any atom is 0.360 e. The van der Waals surface area contributed by atoms with Crippen molar-refractivity contribution in [2.45, 2.75) is 20.8 Å². The van der Waals surface area contributed by atoms with Crippen molar-refractivity contribution in [3.05, 3.63) is 65.7 Å². The molecule has 0 aliphatic rings. The molecule has 4 heteroatoms. The van der Waals surface area contributed by atoms with Gasteiger partial charge < -0.3 is 0 Å². The molecule has 0 saturated heterocycles. The van der Waals surface area contributed by atoms with Gasteiger partial charge in [0.15, 0.2) is 11.5 Å². The summed E-state index contributed by atoms with van der Waals surface area (Å²) < 4.78 is 0. The molecule has 4 nitrogen and oxygen atoms in total. The molecular weight excluding hydrogens is 280 g/mol. The lowest BCUT2D eigenvalue weighted by Gasteiger charge is -2.15. The molecule has 0 saturated carbocycles. The molecule has 0 heterocycles. The summed E-state index contributed by atoms with van der Waals surface area (Å²) in [4.78, 5) is 34.2. The first kappa shape index (κ1) is 15.8. The Bertz CT molecular complexity index is 669. The molecule has 114 valence electrons. The highest BCUT2D eigenvalue weighted by atomic mass is 17.2. The molecule has 0 atom stereocenters. The maximum atomic E-state index is 12.5. The molecule has 22 heavy (non-hydrogen) atoms. The Balaban J connectivity index is 2.21. The largest absolute Gasteiger partial charge is 0.360 e. The van der Waals surface area contributed by atoms with Crippen LogP contribution in [0.5, 0.6) is 5.75 Å². The molecule has 2 rings (SSSR count). The standard InChI is InChI=1S/C18H18O4/c1-18(2,3)17(20)22-21-15-12-8-7-11-14(15)16(19)13-9-5-4-6-10-13/h4-12H,1-3H3. The molecule has 0 bridgehead atoms. The van der Waals surface area contributed by atoms with Gasteiger partial charge in [-0.15, -0.1) is 0 Å². The van der Waals surface area contributed by atoms with E-state index in [1.165, 1.54) is 0 Å². The van der Waals surface area contributed by atoms with Gasteiger partial charge >= 0.3 is 5.97 Å². The Morgan fingerprint density at radius 2 is 1.45 bits per heavy atom. The fourth-order valence-electron chi connectivity index (χ4n) is 1.68. The third kappa shape index (κ3) is 3.73. The van der Waals surface area contributed by atoms with Crippen LogP contribution in [0.15, 0.2) is 54.6 Å². The Morgan fingerprint density at radius 3 is 2.09 bits per heavy atom. The summed E-state index contributed by atoms with van der Waals surface area (Å²) in [5.41, 5.74) is 0.203. The van der Waals surface area contributed by atoms with Gasteiger partial charge in [0.1, 0.15) is 0 Å². The summed E-state index contributed by atoms with van der Waals surface area (Å²) in [6.45, 7) is 5.17. The monoisotopic (exact) mass is 298 g/mol. The molecule has 2 aromatic carbocycles. The van der Waals surface area contributed by atoms with Crippen LogP contribution in [0.3, 0.4) is 0 Å². The predicted octanol–water partition coefficient (Wildman–Crippen LogP) is 3.80. The van der Waals surface area contributed by atoms with E-state index < -0.39 is 11.4 Å². The normalized spacial score (nSPS) is 10.9. The minimum absolute atomic E-state index is 0.192. The van der Waals surface area contributed by atoms with E-state index in [1.807, 2.05) is 6.07 Å².